The minimum atomic E-state index is 0.0207. The Labute approximate surface area is 102 Å². The topological polar surface area (TPSA) is 47.8 Å². The molecule has 2 heterocycles. The molecule has 84 valence electrons. The molecule has 0 aliphatic carbocycles. The molecule has 0 saturated heterocycles. The summed E-state index contributed by atoms with van der Waals surface area (Å²) in [5.41, 5.74) is 3.14. The van der Waals surface area contributed by atoms with Gasteiger partial charge in [0.15, 0.2) is 5.78 Å². The van der Waals surface area contributed by atoms with E-state index in [0.29, 0.717) is 9.90 Å². The van der Waals surface area contributed by atoms with E-state index in [1.54, 1.807) is 23.4 Å². The van der Waals surface area contributed by atoms with Gasteiger partial charge in [0, 0.05) is 13.2 Å². The van der Waals surface area contributed by atoms with Gasteiger partial charge in [-0.05, 0) is 6.92 Å². The third kappa shape index (κ3) is 2.01. The lowest BCUT2D eigenvalue weighted by Gasteiger charge is -2.00. The Bertz CT molecular complexity index is 518. The molecule has 0 atom stereocenters. The highest BCUT2D eigenvalue weighted by atomic mass is 35.5. The Hall–Kier alpha value is -1.20. The fraction of sp³-hybridized carbons (Fsp3) is 0.300. The standard InChI is InChI=1S/C10H10ClN3OS/c1-6-10(11)7(14(2)13-6)3-8(15)9-4-12-5-16-9/h4-5H,3H2,1-2H3. The Morgan fingerprint density at radius 1 is 1.62 bits per heavy atom. The van der Waals surface area contributed by atoms with E-state index in [2.05, 4.69) is 10.1 Å². The zero-order valence-corrected chi connectivity index (χ0v) is 10.5. The first kappa shape index (κ1) is 11.3. The van der Waals surface area contributed by atoms with Crippen LogP contribution in [0.15, 0.2) is 11.7 Å². The normalized spacial score (nSPS) is 10.7. The van der Waals surface area contributed by atoms with Crippen molar-refractivity contribution >= 4 is 28.7 Å². The largest absolute Gasteiger partial charge is 0.293 e. The maximum atomic E-state index is 11.9. The van der Waals surface area contributed by atoms with Crippen molar-refractivity contribution in [3.05, 3.63) is 33.0 Å². The van der Waals surface area contributed by atoms with Gasteiger partial charge in [-0.1, -0.05) is 11.6 Å². The molecule has 2 aromatic heterocycles. The van der Waals surface area contributed by atoms with Gasteiger partial charge >= 0.3 is 0 Å². The van der Waals surface area contributed by atoms with Gasteiger partial charge in [-0.2, -0.15) is 5.10 Å². The first-order chi connectivity index (χ1) is 7.59. The third-order valence-electron chi connectivity index (χ3n) is 2.30. The molecule has 0 spiro atoms. The van der Waals surface area contributed by atoms with Crippen molar-refractivity contribution in [3.8, 4) is 0 Å². The average Bonchev–Trinajstić information content (AvgIpc) is 2.83. The lowest BCUT2D eigenvalue weighted by atomic mass is 10.2. The summed E-state index contributed by atoms with van der Waals surface area (Å²) in [6.07, 6.45) is 1.84. The predicted octanol–water partition coefficient (Wildman–Crippen LogP) is 2.26. The summed E-state index contributed by atoms with van der Waals surface area (Å²) in [7, 11) is 1.79. The summed E-state index contributed by atoms with van der Waals surface area (Å²) in [6.45, 7) is 1.82. The monoisotopic (exact) mass is 255 g/mol. The Morgan fingerprint density at radius 2 is 2.38 bits per heavy atom. The van der Waals surface area contributed by atoms with Crippen molar-refractivity contribution in [3.63, 3.8) is 0 Å². The van der Waals surface area contributed by atoms with Crippen molar-refractivity contribution < 1.29 is 4.79 Å². The van der Waals surface area contributed by atoms with Crippen LogP contribution in [0.4, 0.5) is 0 Å². The van der Waals surface area contributed by atoms with E-state index >= 15 is 0 Å². The molecule has 0 bridgehead atoms. The lowest BCUT2D eigenvalue weighted by Crippen LogP contribution is -2.07. The smallest absolute Gasteiger partial charge is 0.180 e. The molecular weight excluding hydrogens is 246 g/mol. The molecule has 0 N–H and O–H groups in total. The van der Waals surface area contributed by atoms with Gasteiger partial charge in [0.25, 0.3) is 0 Å². The van der Waals surface area contributed by atoms with Gasteiger partial charge < -0.3 is 0 Å². The second kappa shape index (κ2) is 4.35. The minimum Gasteiger partial charge on any atom is -0.293 e. The van der Waals surface area contributed by atoms with Crippen LogP contribution in [0.5, 0.6) is 0 Å². The Balaban J connectivity index is 2.25. The number of hydrogen-bond acceptors (Lipinski definition) is 4. The highest BCUT2D eigenvalue weighted by Crippen LogP contribution is 2.21. The average molecular weight is 256 g/mol. The molecule has 0 fully saturated rings. The van der Waals surface area contributed by atoms with Gasteiger partial charge in [-0.25, -0.2) is 0 Å². The lowest BCUT2D eigenvalue weighted by molar-refractivity contribution is 0.0994. The van der Waals surface area contributed by atoms with E-state index in [-0.39, 0.29) is 12.2 Å². The molecule has 2 aromatic rings. The van der Waals surface area contributed by atoms with Crippen molar-refractivity contribution in [2.45, 2.75) is 13.3 Å². The van der Waals surface area contributed by atoms with Gasteiger partial charge in [-0.3, -0.25) is 14.5 Å². The van der Waals surface area contributed by atoms with Crippen molar-refractivity contribution in [2.24, 2.45) is 7.05 Å². The number of aryl methyl sites for hydroxylation is 2. The second-order valence-corrected chi connectivity index (χ2v) is 4.70. The van der Waals surface area contributed by atoms with Crippen LogP contribution in [0.1, 0.15) is 21.1 Å². The molecule has 0 unspecified atom stereocenters. The van der Waals surface area contributed by atoms with Crippen LogP contribution in [0, 0.1) is 6.92 Å². The molecule has 0 aliphatic rings. The van der Waals surface area contributed by atoms with E-state index in [0.717, 1.165) is 11.4 Å². The molecule has 2 rings (SSSR count). The first-order valence-corrected chi connectivity index (χ1v) is 5.95. The van der Waals surface area contributed by atoms with Crippen LogP contribution in [-0.2, 0) is 13.5 Å². The highest BCUT2D eigenvalue weighted by molar-refractivity contribution is 7.11. The summed E-state index contributed by atoms with van der Waals surface area (Å²) in [5, 5.41) is 4.74. The number of ketones is 1. The SMILES string of the molecule is Cc1nn(C)c(CC(=O)c2cncs2)c1Cl. The summed E-state index contributed by atoms with van der Waals surface area (Å²) >= 11 is 7.41. The number of hydrogen-bond donors (Lipinski definition) is 0. The second-order valence-electron chi connectivity index (χ2n) is 3.44. The summed E-state index contributed by atoms with van der Waals surface area (Å²) in [4.78, 5) is 16.4. The molecule has 0 aliphatic heterocycles. The van der Waals surface area contributed by atoms with Gasteiger partial charge in [-0.15, -0.1) is 11.3 Å². The van der Waals surface area contributed by atoms with Gasteiger partial charge in [0.05, 0.1) is 33.2 Å². The molecule has 6 heteroatoms. The first-order valence-electron chi connectivity index (χ1n) is 4.69. The third-order valence-corrected chi connectivity index (χ3v) is 3.60. The quantitative estimate of drug-likeness (QED) is 0.791. The maximum Gasteiger partial charge on any atom is 0.180 e. The Kier molecular flexibility index (Phi) is 3.07. The van der Waals surface area contributed by atoms with Crippen molar-refractivity contribution in [1.29, 1.82) is 0 Å². The molecule has 0 radical (unpaired) electrons. The van der Waals surface area contributed by atoms with Crippen LogP contribution >= 0.6 is 22.9 Å². The van der Waals surface area contributed by atoms with Crippen molar-refractivity contribution in [2.75, 3.05) is 0 Å². The Morgan fingerprint density at radius 3 is 2.88 bits per heavy atom. The number of thiazole rings is 1. The minimum absolute atomic E-state index is 0.0207. The molecule has 0 aromatic carbocycles. The summed E-state index contributed by atoms with van der Waals surface area (Å²) in [5.74, 6) is 0.0207. The number of carbonyl (C=O) groups excluding carboxylic acids is 1. The van der Waals surface area contributed by atoms with E-state index in [1.807, 2.05) is 6.92 Å². The molecular formula is C10H10ClN3OS. The maximum absolute atomic E-state index is 11.9. The molecule has 0 amide bonds. The summed E-state index contributed by atoms with van der Waals surface area (Å²) < 4.78 is 1.65. The number of carbonyl (C=O) groups is 1. The molecule has 16 heavy (non-hydrogen) atoms. The molecule has 0 saturated carbocycles. The predicted molar refractivity (Wildman–Crippen MR) is 63.1 cm³/mol. The van der Waals surface area contributed by atoms with E-state index in [9.17, 15) is 4.79 Å². The van der Waals surface area contributed by atoms with Crippen LogP contribution in [0.2, 0.25) is 5.02 Å². The number of Topliss-reactive ketones (excluding diaryl/α,β-unsaturated/α-hetero) is 1. The number of nitrogens with zero attached hydrogens (tertiary/aromatic N) is 3. The van der Waals surface area contributed by atoms with Gasteiger partial charge in [0.1, 0.15) is 0 Å². The van der Waals surface area contributed by atoms with Crippen LogP contribution in [0.25, 0.3) is 0 Å². The zero-order valence-electron chi connectivity index (χ0n) is 8.90. The van der Waals surface area contributed by atoms with E-state index in [1.165, 1.54) is 11.3 Å². The van der Waals surface area contributed by atoms with Gasteiger partial charge in [0.2, 0.25) is 0 Å². The zero-order chi connectivity index (χ0) is 11.7. The van der Waals surface area contributed by atoms with E-state index in [4.69, 9.17) is 11.6 Å². The molecule has 4 nitrogen and oxygen atoms in total. The van der Waals surface area contributed by atoms with Crippen LogP contribution < -0.4 is 0 Å². The summed E-state index contributed by atoms with van der Waals surface area (Å²) in [6, 6.07) is 0. The van der Waals surface area contributed by atoms with E-state index < -0.39 is 0 Å². The van der Waals surface area contributed by atoms with Crippen LogP contribution in [-0.4, -0.2) is 20.5 Å². The number of rotatable bonds is 3. The number of aromatic nitrogens is 3. The highest BCUT2D eigenvalue weighted by Gasteiger charge is 2.16. The fourth-order valence-electron chi connectivity index (χ4n) is 1.46. The number of halogens is 1. The van der Waals surface area contributed by atoms with Crippen LogP contribution in [0.3, 0.4) is 0 Å². The fourth-order valence-corrected chi connectivity index (χ4v) is 2.25. The van der Waals surface area contributed by atoms with Crippen molar-refractivity contribution in [1.82, 2.24) is 14.8 Å².